The summed E-state index contributed by atoms with van der Waals surface area (Å²) in [6.45, 7) is 0. The molecule has 0 radical (unpaired) electrons. The summed E-state index contributed by atoms with van der Waals surface area (Å²) in [5.74, 6) is 0. The summed E-state index contributed by atoms with van der Waals surface area (Å²) >= 11 is 6.93. The largest absolute Gasteiger partial charge is 0.300 e. The van der Waals surface area contributed by atoms with Crippen molar-refractivity contribution in [2.45, 2.75) is 5.16 Å². The number of nitrogens with one attached hydrogen (secondary N) is 1. The summed E-state index contributed by atoms with van der Waals surface area (Å²) in [7, 11) is 0. The minimum atomic E-state index is -0.410. The lowest BCUT2D eigenvalue weighted by atomic mass is 10.1. The van der Waals surface area contributed by atoms with Gasteiger partial charge in [-0.1, -0.05) is 23.9 Å². The van der Waals surface area contributed by atoms with E-state index in [0.717, 1.165) is 13.6 Å². The van der Waals surface area contributed by atoms with Gasteiger partial charge in [0.2, 0.25) is 0 Å². The molecule has 0 atom stereocenters. The molecule has 0 saturated heterocycles. The average molecular weight is 448 g/mol. The number of rotatable bonds is 2. The van der Waals surface area contributed by atoms with Crippen LogP contribution in [0.4, 0.5) is 0 Å². The van der Waals surface area contributed by atoms with Crippen LogP contribution in [0.1, 0.15) is 5.56 Å². The molecule has 7 heteroatoms. The lowest BCUT2D eigenvalue weighted by molar-refractivity contribution is 0.937. The van der Waals surface area contributed by atoms with Crippen molar-refractivity contribution in [1.29, 1.82) is 5.26 Å². The second-order valence-electron chi connectivity index (χ2n) is 3.51. The zero-order valence-corrected chi connectivity index (χ0v) is 14.3. The van der Waals surface area contributed by atoms with E-state index in [1.165, 1.54) is 11.8 Å². The highest BCUT2D eigenvalue weighted by Crippen LogP contribution is 2.31. The maximum Gasteiger partial charge on any atom is 0.270 e. The van der Waals surface area contributed by atoms with E-state index in [0.29, 0.717) is 10.9 Å². The van der Waals surface area contributed by atoms with Crippen LogP contribution in [0.5, 0.6) is 0 Å². The highest BCUT2D eigenvalue weighted by Gasteiger charge is 2.16. The first kappa shape index (κ1) is 14.6. The lowest BCUT2D eigenvalue weighted by Gasteiger charge is -2.08. The quantitative estimate of drug-likeness (QED) is 0.435. The fourth-order valence-corrected chi connectivity index (χ4v) is 2.89. The molecule has 0 spiro atoms. The van der Waals surface area contributed by atoms with Gasteiger partial charge in [0.25, 0.3) is 5.56 Å². The van der Waals surface area contributed by atoms with E-state index in [1.54, 1.807) is 0 Å². The molecular weight excluding hydrogens is 441 g/mol. The molecule has 19 heavy (non-hydrogen) atoms. The number of benzene rings is 1. The highest BCUT2D eigenvalue weighted by atomic mass is 127. The fourth-order valence-electron chi connectivity index (χ4n) is 1.53. The Morgan fingerprint density at radius 1 is 1.53 bits per heavy atom. The van der Waals surface area contributed by atoms with Crippen molar-refractivity contribution in [3.05, 3.63) is 42.2 Å². The van der Waals surface area contributed by atoms with Crippen LogP contribution in [0.2, 0.25) is 0 Å². The third kappa shape index (κ3) is 2.85. The minimum absolute atomic E-state index is 0.0359. The van der Waals surface area contributed by atoms with Gasteiger partial charge in [-0.25, -0.2) is 4.98 Å². The van der Waals surface area contributed by atoms with Crippen LogP contribution < -0.4 is 5.56 Å². The molecule has 0 aliphatic rings. The van der Waals surface area contributed by atoms with Crippen LogP contribution >= 0.6 is 50.3 Å². The highest BCUT2D eigenvalue weighted by molar-refractivity contribution is 14.1. The summed E-state index contributed by atoms with van der Waals surface area (Å²) in [6, 6.07) is 7.53. The van der Waals surface area contributed by atoms with Gasteiger partial charge in [0, 0.05) is 13.6 Å². The van der Waals surface area contributed by atoms with E-state index >= 15 is 0 Å². The van der Waals surface area contributed by atoms with E-state index in [9.17, 15) is 4.79 Å². The molecule has 0 saturated carbocycles. The van der Waals surface area contributed by atoms with Crippen molar-refractivity contribution < 1.29 is 0 Å². The Hall–Kier alpha value is -0.850. The van der Waals surface area contributed by atoms with Gasteiger partial charge in [-0.3, -0.25) is 4.79 Å². The van der Waals surface area contributed by atoms with Gasteiger partial charge in [0.05, 0.1) is 5.69 Å². The number of thioether (sulfide) groups is 1. The molecule has 0 aliphatic carbocycles. The minimum Gasteiger partial charge on any atom is -0.300 e. The second-order valence-corrected chi connectivity index (χ2v) is 6.24. The van der Waals surface area contributed by atoms with Gasteiger partial charge >= 0.3 is 0 Å². The molecule has 0 fully saturated rings. The Balaban J connectivity index is 2.81. The SMILES string of the molecule is CSc1nc(-c2cccc(Br)c2I)c(C#N)c(=O)[nH]1. The number of aromatic amines is 1. The molecule has 1 N–H and O–H groups in total. The van der Waals surface area contributed by atoms with Gasteiger partial charge < -0.3 is 4.98 Å². The predicted octanol–water partition coefficient (Wildman–Crippen LogP) is 3.40. The predicted molar refractivity (Wildman–Crippen MR) is 87.2 cm³/mol. The van der Waals surface area contributed by atoms with Gasteiger partial charge in [0.15, 0.2) is 5.16 Å². The Bertz CT molecular complexity index is 739. The maximum atomic E-state index is 11.9. The van der Waals surface area contributed by atoms with Crippen LogP contribution in [0.25, 0.3) is 11.3 Å². The van der Waals surface area contributed by atoms with Crippen molar-refractivity contribution in [3.8, 4) is 17.3 Å². The summed E-state index contributed by atoms with van der Waals surface area (Å²) < 4.78 is 1.82. The summed E-state index contributed by atoms with van der Waals surface area (Å²) in [4.78, 5) is 18.8. The van der Waals surface area contributed by atoms with E-state index in [1.807, 2.05) is 30.5 Å². The molecule has 0 amide bonds. The topological polar surface area (TPSA) is 69.5 Å². The number of H-pyrrole nitrogens is 1. The van der Waals surface area contributed by atoms with Crippen LogP contribution in [0, 0.1) is 14.9 Å². The Labute approximate surface area is 135 Å². The second kappa shape index (κ2) is 6.07. The molecule has 96 valence electrons. The Morgan fingerprint density at radius 2 is 2.26 bits per heavy atom. The monoisotopic (exact) mass is 447 g/mol. The van der Waals surface area contributed by atoms with Gasteiger partial charge in [-0.05, 0) is 50.8 Å². The number of nitriles is 1. The van der Waals surface area contributed by atoms with Crippen LogP contribution in [0.15, 0.2) is 32.6 Å². The fraction of sp³-hybridized carbons (Fsp3) is 0.0833. The Morgan fingerprint density at radius 3 is 2.89 bits per heavy atom. The smallest absolute Gasteiger partial charge is 0.270 e. The lowest BCUT2D eigenvalue weighted by Crippen LogP contribution is -2.14. The van der Waals surface area contributed by atoms with Crippen molar-refractivity contribution in [1.82, 2.24) is 9.97 Å². The molecular formula is C12H7BrIN3OS. The standard InChI is InChI=1S/C12H7BrIN3OS/c1-19-12-16-10(7(5-15)11(18)17-12)6-3-2-4-8(13)9(6)14/h2-4H,1H3,(H,16,17,18). The Kier molecular flexibility index (Phi) is 4.65. The first-order valence-electron chi connectivity index (χ1n) is 5.11. The molecule has 1 heterocycles. The van der Waals surface area contributed by atoms with Gasteiger partial charge in [-0.2, -0.15) is 5.26 Å². The van der Waals surface area contributed by atoms with Crippen LogP contribution in [-0.4, -0.2) is 16.2 Å². The van der Waals surface area contributed by atoms with E-state index in [4.69, 9.17) is 5.26 Å². The average Bonchev–Trinajstić information content (AvgIpc) is 2.41. The molecule has 0 unspecified atom stereocenters. The van der Waals surface area contributed by atoms with E-state index < -0.39 is 5.56 Å². The van der Waals surface area contributed by atoms with Gasteiger partial charge in [0.1, 0.15) is 11.6 Å². The molecule has 1 aromatic heterocycles. The van der Waals surface area contributed by atoms with Crippen molar-refractivity contribution in [2.75, 3.05) is 6.26 Å². The normalized spacial score (nSPS) is 10.2. The van der Waals surface area contributed by atoms with Crippen LogP contribution in [0.3, 0.4) is 0 Å². The number of nitrogens with zero attached hydrogens (tertiary/aromatic N) is 2. The van der Waals surface area contributed by atoms with Crippen LogP contribution in [-0.2, 0) is 0 Å². The van der Waals surface area contributed by atoms with E-state index in [-0.39, 0.29) is 5.56 Å². The van der Waals surface area contributed by atoms with Crippen molar-refractivity contribution >= 4 is 50.3 Å². The molecule has 1 aromatic carbocycles. The van der Waals surface area contributed by atoms with Crippen molar-refractivity contribution in [3.63, 3.8) is 0 Å². The number of hydrogen-bond donors (Lipinski definition) is 1. The zero-order chi connectivity index (χ0) is 14.0. The first-order valence-corrected chi connectivity index (χ1v) is 8.21. The number of aromatic nitrogens is 2. The molecule has 2 rings (SSSR count). The number of halogens is 2. The van der Waals surface area contributed by atoms with Gasteiger partial charge in [-0.15, -0.1) is 0 Å². The molecule has 4 nitrogen and oxygen atoms in total. The summed E-state index contributed by atoms with van der Waals surface area (Å²) in [6.07, 6.45) is 1.82. The third-order valence-electron chi connectivity index (χ3n) is 2.41. The molecule has 2 aromatic rings. The molecule has 0 aliphatic heterocycles. The summed E-state index contributed by atoms with van der Waals surface area (Å²) in [5, 5.41) is 9.65. The zero-order valence-electron chi connectivity index (χ0n) is 9.70. The number of hydrogen-bond acceptors (Lipinski definition) is 4. The van der Waals surface area contributed by atoms with Crippen molar-refractivity contribution in [2.24, 2.45) is 0 Å². The third-order valence-corrected chi connectivity index (χ3v) is 5.55. The summed E-state index contributed by atoms with van der Waals surface area (Å²) in [5.41, 5.74) is 0.815. The van der Waals surface area contributed by atoms with E-state index in [2.05, 4.69) is 48.5 Å². The maximum absolute atomic E-state index is 11.9. The molecule has 0 bridgehead atoms. The first-order chi connectivity index (χ1) is 9.08.